The molecule has 2 nitrogen and oxygen atoms in total. The Morgan fingerprint density at radius 1 is 1.24 bits per heavy atom. The van der Waals surface area contributed by atoms with Gasteiger partial charge in [0.2, 0.25) is 0 Å². The molecule has 0 spiro atoms. The molecule has 0 atom stereocenters. The summed E-state index contributed by atoms with van der Waals surface area (Å²) in [6.07, 6.45) is 6.03. The highest BCUT2D eigenvalue weighted by atomic mass is 32.2. The van der Waals surface area contributed by atoms with E-state index in [1.54, 1.807) is 23.1 Å². The number of thioether (sulfide) groups is 1. The van der Waals surface area contributed by atoms with Gasteiger partial charge in [0.1, 0.15) is 5.75 Å². The molecule has 0 saturated heterocycles. The van der Waals surface area contributed by atoms with Crippen LogP contribution in [-0.2, 0) is 6.42 Å². The molecular weight excluding hydrogens is 300 g/mol. The van der Waals surface area contributed by atoms with E-state index in [1.807, 2.05) is 24.5 Å². The van der Waals surface area contributed by atoms with Crippen molar-refractivity contribution in [1.82, 2.24) is 0 Å². The summed E-state index contributed by atoms with van der Waals surface area (Å²) < 4.78 is 7.92. The van der Waals surface area contributed by atoms with Crippen LogP contribution in [-0.4, -0.2) is 12.9 Å². The number of ether oxygens (including phenoxy) is 1. The smallest absolute Gasteiger partial charge is 0.192 e. The minimum atomic E-state index is 0.177. The number of hydrogen-bond acceptors (Lipinski definition) is 4. The van der Waals surface area contributed by atoms with E-state index in [1.165, 1.54) is 0 Å². The van der Waals surface area contributed by atoms with Crippen LogP contribution in [0.1, 0.15) is 38.7 Å². The van der Waals surface area contributed by atoms with Gasteiger partial charge in [-0.1, -0.05) is 26.7 Å². The largest absolute Gasteiger partial charge is 0.494 e. The summed E-state index contributed by atoms with van der Waals surface area (Å²) in [7, 11) is 0. The maximum atomic E-state index is 12.7. The van der Waals surface area contributed by atoms with Crippen LogP contribution >= 0.6 is 23.1 Å². The molecule has 1 aromatic heterocycles. The first-order valence-electron chi connectivity index (χ1n) is 7.47. The second-order valence-electron chi connectivity index (χ2n) is 5.01. The second-order valence-corrected chi connectivity index (χ2v) is 7.14. The number of benzene rings is 1. The molecule has 0 N–H and O–H groups in total. The van der Waals surface area contributed by atoms with Crippen molar-refractivity contribution in [3.8, 4) is 5.75 Å². The Kier molecular flexibility index (Phi) is 6.12. The molecule has 0 aliphatic heterocycles. The molecule has 0 fully saturated rings. The van der Waals surface area contributed by atoms with Crippen LogP contribution in [0.5, 0.6) is 5.75 Å². The first-order valence-corrected chi connectivity index (χ1v) is 9.51. The van der Waals surface area contributed by atoms with Crippen molar-refractivity contribution in [1.29, 1.82) is 0 Å². The molecule has 0 aliphatic carbocycles. The molecular formula is C17H22O2S2. The Morgan fingerprint density at radius 2 is 2.05 bits per heavy atom. The lowest BCUT2D eigenvalue weighted by molar-refractivity contribution is 0.310. The third kappa shape index (κ3) is 3.80. The number of fused-ring (bicyclic) bond motifs is 1. The van der Waals surface area contributed by atoms with Crippen LogP contribution in [0.15, 0.2) is 27.2 Å². The van der Waals surface area contributed by atoms with E-state index in [4.69, 9.17) is 4.74 Å². The highest BCUT2D eigenvalue weighted by Crippen LogP contribution is 2.31. The van der Waals surface area contributed by atoms with Gasteiger partial charge in [-0.15, -0.1) is 23.1 Å². The molecule has 0 saturated carbocycles. The number of unbranched alkanes of at least 4 members (excludes halogenated alkanes) is 1. The first-order chi connectivity index (χ1) is 10.2. The van der Waals surface area contributed by atoms with Crippen molar-refractivity contribution in [3.63, 3.8) is 0 Å². The van der Waals surface area contributed by atoms with Gasteiger partial charge in [0, 0.05) is 15.6 Å². The van der Waals surface area contributed by atoms with Crippen LogP contribution in [0.3, 0.4) is 0 Å². The number of hydrogen-bond donors (Lipinski definition) is 0. The molecule has 4 heteroatoms. The molecule has 21 heavy (non-hydrogen) atoms. The normalized spacial score (nSPS) is 11.0. The van der Waals surface area contributed by atoms with Gasteiger partial charge in [-0.3, -0.25) is 4.79 Å². The Balaban J connectivity index is 2.45. The van der Waals surface area contributed by atoms with Crippen LogP contribution in [0.4, 0.5) is 0 Å². The van der Waals surface area contributed by atoms with Crippen molar-refractivity contribution in [3.05, 3.63) is 34.0 Å². The Hall–Kier alpha value is -1.00. The topological polar surface area (TPSA) is 26.3 Å². The van der Waals surface area contributed by atoms with E-state index < -0.39 is 0 Å². The van der Waals surface area contributed by atoms with E-state index in [0.717, 1.165) is 51.3 Å². The van der Waals surface area contributed by atoms with Crippen molar-refractivity contribution < 1.29 is 4.74 Å². The third-order valence-corrected chi connectivity index (χ3v) is 5.75. The zero-order valence-corrected chi connectivity index (χ0v) is 14.5. The zero-order valence-electron chi connectivity index (χ0n) is 12.9. The molecule has 1 heterocycles. The van der Waals surface area contributed by atoms with Gasteiger partial charge in [-0.05, 0) is 37.3 Å². The summed E-state index contributed by atoms with van der Waals surface area (Å²) in [5.41, 5.74) is 1.14. The lowest BCUT2D eigenvalue weighted by Gasteiger charge is -2.09. The van der Waals surface area contributed by atoms with Gasteiger partial charge in [0.25, 0.3) is 0 Å². The summed E-state index contributed by atoms with van der Waals surface area (Å²) in [6, 6.07) is 5.89. The molecule has 114 valence electrons. The van der Waals surface area contributed by atoms with Crippen molar-refractivity contribution in [2.75, 3.05) is 12.9 Å². The fraction of sp³-hybridized carbons (Fsp3) is 0.471. The highest BCUT2D eigenvalue weighted by molar-refractivity contribution is 8.00. The van der Waals surface area contributed by atoms with Crippen molar-refractivity contribution in [2.45, 2.75) is 43.7 Å². The van der Waals surface area contributed by atoms with E-state index in [-0.39, 0.29) is 5.43 Å². The van der Waals surface area contributed by atoms with Crippen molar-refractivity contribution in [2.24, 2.45) is 0 Å². The van der Waals surface area contributed by atoms with E-state index in [2.05, 4.69) is 13.8 Å². The minimum Gasteiger partial charge on any atom is -0.494 e. The highest BCUT2D eigenvalue weighted by Gasteiger charge is 2.12. The predicted molar refractivity (Wildman–Crippen MR) is 94.3 cm³/mol. The van der Waals surface area contributed by atoms with Crippen LogP contribution in [0.25, 0.3) is 10.1 Å². The Morgan fingerprint density at radius 3 is 2.71 bits per heavy atom. The second kappa shape index (κ2) is 7.85. The molecule has 0 unspecified atom stereocenters. The SMILES string of the molecule is CCCCOc1ccc2sc(SC)c(CCC)c(=O)c2c1. The standard InChI is InChI=1S/C17H22O2S2/c1-4-6-10-19-12-8-9-15-14(11-12)16(18)13(7-5-2)17(20-3)21-15/h8-9,11H,4-7,10H2,1-3H3. The summed E-state index contributed by atoms with van der Waals surface area (Å²) in [5.74, 6) is 0.805. The summed E-state index contributed by atoms with van der Waals surface area (Å²) >= 11 is 3.38. The predicted octanol–water partition coefficient (Wildman–Crippen LogP) is 5.11. The van der Waals surface area contributed by atoms with Gasteiger partial charge in [-0.2, -0.15) is 0 Å². The van der Waals surface area contributed by atoms with E-state index >= 15 is 0 Å². The Bertz CT molecular complexity index is 662. The van der Waals surface area contributed by atoms with Crippen LogP contribution in [0.2, 0.25) is 0 Å². The van der Waals surface area contributed by atoms with E-state index in [0.29, 0.717) is 6.61 Å². The van der Waals surface area contributed by atoms with Crippen molar-refractivity contribution >= 4 is 33.2 Å². The fourth-order valence-electron chi connectivity index (χ4n) is 2.25. The van der Waals surface area contributed by atoms with Gasteiger partial charge in [0.05, 0.1) is 10.8 Å². The number of rotatable bonds is 7. The van der Waals surface area contributed by atoms with E-state index in [9.17, 15) is 4.79 Å². The van der Waals surface area contributed by atoms with Crippen LogP contribution in [0, 0.1) is 0 Å². The van der Waals surface area contributed by atoms with Crippen LogP contribution < -0.4 is 10.2 Å². The molecule has 2 aromatic rings. The Labute approximate surface area is 134 Å². The molecule has 2 rings (SSSR count). The van der Waals surface area contributed by atoms with Gasteiger partial charge >= 0.3 is 0 Å². The third-order valence-electron chi connectivity index (χ3n) is 3.37. The van der Waals surface area contributed by atoms with Gasteiger partial charge < -0.3 is 4.74 Å². The maximum Gasteiger partial charge on any atom is 0.192 e. The maximum absolute atomic E-state index is 12.7. The molecule has 1 aromatic carbocycles. The summed E-state index contributed by atoms with van der Waals surface area (Å²) in [4.78, 5) is 12.7. The zero-order chi connectivity index (χ0) is 15.2. The van der Waals surface area contributed by atoms with Gasteiger partial charge in [-0.25, -0.2) is 0 Å². The average molecular weight is 322 g/mol. The average Bonchev–Trinajstić information content (AvgIpc) is 2.50. The summed E-state index contributed by atoms with van der Waals surface area (Å²) in [5, 5.41) is 0.801. The molecule has 0 aliphatic rings. The monoisotopic (exact) mass is 322 g/mol. The lowest BCUT2D eigenvalue weighted by Crippen LogP contribution is -2.10. The molecule has 0 radical (unpaired) electrons. The van der Waals surface area contributed by atoms with Gasteiger partial charge in [0.15, 0.2) is 5.43 Å². The fourth-order valence-corrected chi connectivity index (χ4v) is 4.21. The lowest BCUT2D eigenvalue weighted by atomic mass is 10.1. The minimum absolute atomic E-state index is 0.177. The first kappa shape index (κ1) is 16.4. The molecule has 0 bridgehead atoms. The quantitative estimate of drug-likeness (QED) is 0.523. The molecule has 0 amide bonds. The summed E-state index contributed by atoms with van der Waals surface area (Å²) in [6.45, 7) is 4.97.